The van der Waals surface area contributed by atoms with Crippen molar-refractivity contribution >= 4 is 12.2 Å². The van der Waals surface area contributed by atoms with Crippen LogP contribution < -0.4 is 0 Å². The van der Waals surface area contributed by atoms with Crippen LogP contribution in [0, 0.1) is 0 Å². The average Bonchev–Trinajstić information content (AvgIpc) is 3.17. The molecule has 1 aromatic heterocycles. The van der Waals surface area contributed by atoms with Crippen LogP contribution in [0.3, 0.4) is 0 Å². The fraction of sp³-hybridized carbons (Fsp3) is 0.333. The summed E-state index contributed by atoms with van der Waals surface area (Å²) in [6.45, 7) is 0.505. The maximum Gasteiger partial charge on any atom is 0.410 e. The van der Waals surface area contributed by atoms with Gasteiger partial charge in [0.25, 0.3) is 0 Å². The summed E-state index contributed by atoms with van der Waals surface area (Å²) in [5.41, 5.74) is 0.936. The van der Waals surface area contributed by atoms with E-state index in [0.717, 1.165) is 11.4 Å². The predicted molar refractivity (Wildman–Crippen MR) is 90.0 cm³/mol. The standard InChI is InChI=1S/C18H21N3O3/c1-20-10-9-19-17(20)8-7-15-11-16(22)12-21(15)18(23)24-13-14-5-3-2-4-6-14/h2-10,15-16,22H,11-13H2,1H3/b8-7+/t15-,16-/m1/s1. The van der Waals surface area contributed by atoms with Gasteiger partial charge in [-0.15, -0.1) is 0 Å². The number of β-amino-alcohol motifs (C(OH)–C–C–N with tert-alkyl or cyclic N) is 1. The summed E-state index contributed by atoms with van der Waals surface area (Å²) in [5, 5.41) is 9.91. The second kappa shape index (κ2) is 7.31. The van der Waals surface area contributed by atoms with Gasteiger partial charge in [-0.25, -0.2) is 9.78 Å². The Kier molecular flexibility index (Phi) is 4.96. The van der Waals surface area contributed by atoms with E-state index < -0.39 is 12.2 Å². The van der Waals surface area contributed by atoms with Crippen molar-refractivity contribution in [1.29, 1.82) is 0 Å². The van der Waals surface area contributed by atoms with Gasteiger partial charge < -0.3 is 14.4 Å². The number of aromatic nitrogens is 2. The minimum atomic E-state index is -0.537. The lowest BCUT2D eigenvalue weighted by Gasteiger charge is -2.21. The van der Waals surface area contributed by atoms with E-state index in [9.17, 15) is 9.90 Å². The van der Waals surface area contributed by atoms with Crippen molar-refractivity contribution in [3.63, 3.8) is 0 Å². The Morgan fingerprint density at radius 1 is 1.42 bits per heavy atom. The summed E-state index contributed by atoms with van der Waals surface area (Å²) in [6.07, 6.45) is 6.88. The number of benzene rings is 1. The molecule has 0 bridgehead atoms. The van der Waals surface area contributed by atoms with Crippen LogP contribution in [0.1, 0.15) is 17.8 Å². The normalized spacial score (nSPS) is 20.7. The van der Waals surface area contributed by atoms with Gasteiger partial charge in [0.1, 0.15) is 12.4 Å². The van der Waals surface area contributed by atoms with Crippen molar-refractivity contribution in [2.45, 2.75) is 25.2 Å². The number of hydrogen-bond acceptors (Lipinski definition) is 4. The monoisotopic (exact) mass is 327 g/mol. The number of aliphatic hydroxyl groups excluding tert-OH is 1. The number of likely N-dealkylation sites (tertiary alicyclic amines) is 1. The second-order valence-corrected chi connectivity index (χ2v) is 5.90. The molecule has 1 aliphatic rings. The summed E-state index contributed by atoms with van der Waals surface area (Å²) in [4.78, 5) is 18.1. The van der Waals surface area contributed by atoms with E-state index in [4.69, 9.17) is 4.74 Å². The average molecular weight is 327 g/mol. The zero-order chi connectivity index (χ0) is 16.9. The number of nitrogens with zero attached hydrogens (tertiary/aromatic N) is 3. The van der Waals surface area contributed by atoms with E-state index in [1.165, 1.54) is 0 Å². The van der Waals surface area contributed by atoms with Crippen molar-refractivity contribution < 1.29 is 14.6 Å². The number of imidazole rings is 1. The van der Waals surface area contributed by atoms with Gasteiger partial charge in [-0.1, -0.05) is 36.4 Å². The Morgan fingerprint density at radius 3 is 2.92 bits per heavy atom. The number of aliphatic hydroxyl groups is 1. The topological polar surface area (TPSA) is 67.6 Å². The molecule has 1 aliphatic heterocycles. The van der Waals surface area contributed by atoms with Crippen LogP contribution in [0.5, 0.6) is 0 Å². The van der Waals surface area contributed by atoms with E-state index in [1.54, 1.807) is 11.1 Å². The molecule has 0 saturated carbocycles. The molecule has 1 amide bonds. The molecule has 1 aromatic carbocycles. The number of carbonyl (C=O) groups excluding carboxylic acids is 1. The zero-order valence-electron chi connectivity index (χ0n) is 13.6. The van der Waals surface area contributed by atoms with Crippen molar-refractivity contribution in [3.05, 3.63) is 60.2 Å². The highest BCUT2D eigenvalue weighted by Crippen LogP contribution is 2.21. The first-order valence-corrected chi connectivity index (χ1v) is 7.94. The van der Waals surface area contributed by atoms with Gasteiger partial charge in [-0.2, -0.15) is 0 Å². The highest BCUT2D eigenvalue weighted by Gasteiger charge is 2.33. The third-order valence-corrected chi connectivity index (χ3v) is 4.09. The summed E-state index contributed by atoms with van der Waals surface area (Å²) < 4.78 is 7.26. The van der Waals surface area contributed by atoms with Gasteiger partial charge in [0.05, 0.1) is 18.7 Å². The first-order chi connectivity index (χ1) is 11.6. The van der Waals surface area contributed by atoms with Gasteiger partial charge in [-0.3, -0.25) is 4.90 Å². The quantitative estimate of drug-likeness (QED) is 0.935. The molecule has 24 heavy (non-hydrogen) atoms. The maximum atomic E-state index is 12.3. The molecule has 0 radical (unpaired) electrons. The molecular formula is C18H21N3O3. The summed E-state index contributed by atoms with van der Waals surface area (Å²) in [6, 6.07) is 9.35. The lowest BCUT2D eigenvalue weighted by atomic mass is 10.2. The van der Waals surface area contributed by atoms with Gasteiger partial charge in [0.15, 0.2) is 0 Å². The highest BCUT2D eigenvalue weighted by molar-refractivity contribution is 5.69. The largest absolute Gasteiger partial charge is 0.445 e. The van der Waals surface area contributed by atoms with Gasteiger partial charge >= 0.3 is 6.09 Å². The molecule has 2 heterocycles. The van der Waals surface area contributed by atoms with E-state index >= 15 is 0 Å². The zero-order valence-corrected chi connectivity index (χ0v) is 13.6. The third kappa shape index (κ3) is 3.83. The van der Waals surface area contributed by atoms with Gasteiger partial charge in [0.2, 0.25) is 0 Å². The van der Waals surface area contributed by atoms with Gasteiger partial charge in [0, 0.05) is 19.4 Å². The number of ether oxygens (including phenoxy) is 1. The molecule has 2 aromatic rings. The Balaban J connectivity index is 1.63. The Hall–Kier alpha value is -2.60. The molecule has 6 nitrogen and oxygen atoms in total. The summed E-state index contributed by atoms with van der Waals surface area (Å²) >= 11 is 0. The van der Waals surface area contributed by atoms with Crippen LogP contribution in [0.25, 0.3) is 6.08 Å². The Labute approximate surface area is 141 Å². The minimum absolute atomic E-state index is 0.194. The SMILES string of the molecule is Cn1ccnc1/C=C/[C@@H]1C[C@@H](O)CN1C(=O)OCc1ccccc1. The van der Waals surface area contributed by atoms with Crippen molar-refractivity contribution in [2.75, 3.05) is 6.54 Å². The third-order valence-electron chi connectivity index (χ3n) is 4.09. The van der Waals surface area contributed by atoms with E-state index in [2.05, 4.69) is 4.98 Å². The molecule has 3 rings (SSSR count). The van der Waals surface area contributed by atoms with Crippen LogP contribution >= 0.6 is 0 Å². The van der Waals surface area contributed by atoms with Crippen molar-refractivity contribution in [3.8, 4) is 0 Å². The molecule has 1 fully saturated rings. The molecule has 0 aliphatic carbocycles. The maximum absolute atomic E-state index is 12.3. The molecule has 0 spiro atoms. The van der Waals surface area contributed by atoms with Crippen LogP contribution in [0.2, 0.25) is 0 Å². The van der Waals surface area contributed by atoms with Crippen LogP contribution in [-0.2, 0) is 18.4 Å². The number of aryl methyl sites for hydroxylation is 1. The van der Waals surface area contributed by atoms with Crippen molar-refractivity contribution in [1.82, 2.24) is 14.5 Å². The number of rotatable bonds is 4. The van der Waals surface area contributed by atoms with Crippen LogP contribution in [0.4, 0.5) is 4.79 Å². The lowest BCUT2D eigenvalue weighted by molar-refractivity contribution is 0.0920. The number of amides is 1. The predicted octanol–water partition coefficient (Wildman–Crippen LogP) is 2.21. The smallest absolute Gasteiger partial charge is 0.410 e. The van der Waals surface area contributed by atoms with E-state index in [-0.39, 0.29) is 19.2 Å². The minimum Gasteiger partial charge on any atom is -0.445 e. The fourth-order valence-electron chi connectivity index (χ4n) is 2.77. The number of carbonyl (C=O) groups is 1. The van der Waals surface area contributed by atoms with Crippen LogP contribution in [-0.4, -0.2) is 44.3 Å². The summed E-state index contributed by atoms with van der Waals surface area (Å²) in [7, 11) is 1.90. The highest BCUT2D eigenvalue weighted by atomic mass is 16.6. The van der Waals surface area contributed by atoms with Crippen LogP contribution in [0.15, 0.2) is 48.8 Å². The molecule has 0 unspecified atom stereocenters. The summed E-state index contributed by atoms with van der Waals surface area (Å²) in [5.74, 6) is 0.800. The molecular weight excluding hydrogens is 306 g/mol. The van der Waals surface area contributed by atoms with Gasteiger partial charge in [-0.05, 0) is 18.1 Å². The number of hydrogen-bond donors (Lipinski definition) is 1. The molecule has 126 valence electrons. The molecule has 6 heteroatoms. The Morgan fingerprint density at radius 2 is 2.21 bits per heavy atom. The van der Waals surface area contributed by atoms with Crippen molar-refractivity contribution in [2.24, 2.45) is 7.05 Å². The Bertz CT molecular complexity index is 711. The lowest BCUT2D eigenvalue weighted by Crippen LogP contribution is -2.35. The fourth-order valence-corrected chi connectivity index (χ4v) is 2.77. The second-order valence-electron chi connectivity index (χ2n) is 5.90. The molecule has 1 N–H and O–H groups in total. The first-order valence-electron chi connectivity index (χ1n) is 7.94. The molecule has 1 saturated heterocycles. The van der Waals surface area contributed by atoms with E-state index in [0.29, 0.717) is 6.42 Å². The molecule has 2 atom stereocenters. The van der Waals surface area contributed by atoms with E-state index in [1.807, 2.05) is 60.3 Å². The first kappa shape index (κ1) is 16.3.